The van der Waals surface area contributed by atoms with Crippen LogP contribution in [0.25, 0.3) is 16.2 Å². The molecular weight excluding hydrogens is 407 g/mol. The maximum Gasteiger partial charge on any atom is 0.300 e. The summed E-state index contributed by atoms with van der Waals surface area (Å²) in [7, 11) is 0. The van der Waals surface area contributed by atoms with Gasteiger partial charge >= 0.3 is 5.56 Å². The fourth-order valence-corrected chi connectivity index (χ4v) is 3.70. The Hall–Kier alpha value is -2.74. The molecule has 134 valence electrons. The zero-order valence-corrected chi connectivity index (χ0v) is 15.8. The lowest BCUT2D eigenvalue weighted by molar-refractivity contribution is 0.103. The highest BCUT2D eigenvalue weighted by Crippen LogP contribution is 2.26. The summed E-state index contributed by atoms with van der Waals surface area (Å²) >= 11 is 13.0. The van der Waals surface area contributed by atoms with Crippen LogP contribution in [0.4, 0.5) is 5.69 Å². The molecule has 0 saturated carbocycles. The number of carbonyl (C=O) groups excluding carboxylic acids is 1. The molecule has 4 aromatic rings. The van der Waals surface area contributed by atoms with E-state index in [0.717, 1.165) is 11.3 Å². The molecule has 2 aromatic heterocycles. The Morgan fingerprint density at radius 3 is 2.63 bits per heavy atom. The number of carbonyl (C=O) groups is 1. The third-order valence-corrected chi connectivity index (χ3v) is 5.21. The molecule has 27 heavy (non-hydrogen) atoms. The van der Waals surface area contributed by atoms with E-state index in [1.54, 1.807) is 24.3 Å². The first-order valence-corrected chi connectivity index (χ1v) is 9.31. The number of halogens is 2. The Kier molecular flexibility index (Phi) is 4.65. The summed E-state index contributed by atoms with van der Waals surface area (Å²) in [6.45, 7) is 0. The molecular formula is C18H10Cl2N4O2S. The van der Waals surface area contributed by atoms with Crippen LogP contribution in [0.3, 0.4) is 0 Å². The first kappa shape index (κ1) is 17.7. The number of anilines is 1. The highest BCUT2D eigenvalue weighted by Gasteiger charge is 2.16. The summed E-state index contributed by atoms with van der Waals surface area (Å²) in [6, 6.07) is 13.8. The second kappa shape index (κ2) is 7.11. The number of hydrogen-bond donors (Lipinski definition) is 1. The Bertz CT molecular complexity index is 1220. The number of fused-ring (bicyclic) bond motifs is 1. The summed E-state index contributed by atoms with van der Waals surface area (Å²) in [4.78, 5) is 29.5. The summed E-state index contributed by atoms with van der Waals surface area (Å²) < 4.78 is 1.42. The van der Waals surface area contributed by atoms with Crippen LogP contribution in [0.5, 0.6) is 0 Å². The van der Waals surface area contributed by atoms with Crippen molar-refractivity contribution in [1.29, 1.82) is 0 Å². The summed E-state index contributed by atoms with van der Waals surface area (Å²) in [5.74, 6) is -0.384. The number of aromatic nitrogens is 3. The molecule has 0 spiro atoms. The van der Waals surface area contributed by atoms with Crippen molar-refractivity contribution >= 4 is 51.1 Å². The number of nitrogens with one attached hydrogen (secondary N) is 1. The SMILES string of the molecule is O=C(Nc1ccc(Cl)cc1Cl)c1cn2nc(-c3ccccc3)c(=O)nc2s1. The molecule has 9 heteroatoms. The van der Waals surface area contributed by atoms with Crippen LogP contribution < -0.4 is 10.9 Å². The van der Waals surface area contributed by atoms with Gasteiger partial charge < -0.3 is 5.32 Å². The molecule has 0 bridgehead atoms. The van der Waals surface area contributed by atoms with E-state index >= 15 is 0 Å². The first-order chi connectivity index (χ1) is 13.0. The van der Waals surface area contributed by atoms with Gasteiger partial charge in [0.15, 0.2) is 5.69 Å². The van der Waals surface area contributed by atoms with Crippen molar-refractivity contribution in [2.24, 2.45) is 0 Å². The van der Waals surface area contributed by atoms with Gasteiger partial charge in [-0.25, -0.2) is 4.52 Å². The third-order valence-electron chi connectivity index (χ3n) is 3.69. The first-order valence-electron chi connectivity index (χ1n) is 7.73. The predicted molar refractivity (Wildman–Crippen MR) is 107 cm³/mol. The van der Waals surface area contributed by atoms with Gasteiger partial charge in [-0.05, 0) is 18.2 Å². The van der Waals surface area contributed by atoms with Gasteiger partial charge in [-0.3, -0.25) is 9.59 Å². The number of benzene rings is 2. The molecule has 1 N–H and O–H groups in total. The van der Waals surface area contributed by atoms with Gasteiger partial charge in [0.05, 0.1) is 16.9 Å². The second-order valence-electron chi connectivity index (χ2n) is 5.53. The van der Waals surface area contributed by atoms with Gasteiger partial charge in [0.25, 0.3) is 5.91 Å². The van der Waals surface area contributed by atoms with Crippen molar-refractivity contribution in [3.05, 3.63) is 80.0 Å². The summed E-state index contributed by atoms with van der Waals surface area (Å²) in [5.41, 5.74) is 0.868. The average molecular weight is 417 g/mol. The predicted octanol–water partition coefficient (Wildman–Crippen LogP) is 4.38. The molecule has 0 fully saturated rings. The molecule has 2 heterocycles. The summed E-state index contributed by atoms with van der Waals surface area (Å²) in [6.07, 6.45) is 1.53. The lowest BCUT2D eigenvalue weighted by Crippen LogP contribution is -2.14. The molecule has 1 amide bonds. The van der Waals surface area contributed by atoms with Crippen LogP contribution >= 0.6 is 34.5 Å². The third kappa shape index (κ3) is 3.57. The maximum atomic E-state index is 12.5. The van der Waals surface area contributed by atoms with Crippen LogP contribution in [0, 0.1) is 0 Å². The molecule has 0 aliphatic heterocycles. The quantitative estimate of drug-likeness (QED) is 0.537. The Labute approximate surface area is 167 Å². The van der Waals surface area contributed by atoms with Crippen LogP contribution in [0.1, 0.15) is 9.67 Å². The highest BCUT2D eigenvalue weighted by molar-refractivity contribution is 7.18. The lowest BCUT2D eigenvalue weighted by Gasteiger charge is -2.05. The summed E-state index contributed by atoms with van der Waals surface area (Å²) in [5, 5.41) is 7.82. The number of nitrogens with zero attached hydrogens (tertiary/aromatic N) is 3. The maximum absolute atomic E-state index is 12.5. The highest BCUT2D eigenvalue weighted by atomic mass is 35.5. The zero-order chi connectivity index (χ0) is 19.0. The van der Waals surface area contributed by atoms with E-state index in [4.69, 9.17) is 23.2 Å². The van der Waals surface area contributed by atoms with Crippen LogP contribution in [0.2, 0.25) is 10.0 Å². The Morgan fingerprint density at radius 1 is 1.11 bits per heavy atom. The van der Waals surface area contributed by atoms with Crippen molar-refractivity contribution in [2.45, 2.75) is 0 Å². The van der Waals surface area contributed by atoms with Crippen molar-refractivity contribution < 1.29 is 4.79 Å². The minimum absolute atomic E-state index is 0.221. The van der Waals surface area contributed by atoms with Gasteiger partial charge in [0, 0.05) is 10.6 Å². The smallest absolute Gasteiger partial charge is 0.300 e. The van der Waals surface area contributed by atoms with Gasteiger partial charge in [-0.15, -0.1) is 0 Å². The Balaban J connectivity index is 1.69. The standard InChI is InChI=1S/C18H10Cl2N4O2S/c19-11-6-7-13(12(20)8-11)21-16(25)14-9-24-18(27-14)22-17(26)15(23-24)10-4-2-1-3-5-10/h1-9H,(H,21,25). The number of rotatable bonds is 3. The van der Waals surface area contributed by atoms with E-state index in [0.29, 0.717) is 31.1 Å². The topological polar surface area (TPSA) is 76.4 Å². The van der Waals surface area contributed by atoms with Gasteiger partial charge in [0.2, 0.25) is 4.96 Å². The largest absolute Gasteiger partial charge is 0.320 e. The van der Waals surface area contributed by atoms with Crippen molar-refractivity contribution in [2.75, 3.05) is 5.32 Å². The molecule has 0 aliphatic rings. The molecule has 0 aliphatic carbocycles. The van der Waals surface area contributed by atoms with Gasteiger partial charge in [-0.2, -0.15) is 10.1 Å². The van der Waals surface area contributed by atoms with Gasteiger partial charge in [0.1, 0.15) is 4.88 Å². The molecule has 0 unspecified atom stereocenters. The van der Waals surface area contributed by atoms with E-state index in [1.165, 1.54) is 16.8 Å². The monoisotopic (exact) mass is 416 g/mol. The van der Waals surface area contributed by atoms with E-state index in [-0.39, 0.29) is 11.6 Å². The van der Waals surface area contributed by atoms with Crippen molar-refractivity contribution in [1.82, 2.24) is 14.6 Å². The average Bonchev–Trinajstić information content (AvgIpc) is 3.07. The van der Waals surface area contributed by atoms with Crippen molar-refractivity contribution in [3.63, 3.8) is 0 Å². The fourth-order valence-electron chi connectivity index (χ4n) is 2.43. The molecule has 0 radical (unpaired) electrons. The number of amides is 1. The number of thiazole rings is 1. The van der Waals surface area contributed by atoms with Crippen molar-refractivity contribution in [3.8, 4) is 11.3 Å². The van der Waals surface area contributed by atoms with E-state index < -0.39 is 5.56 Å². The normalized spacial score (nSPS) is 10.9. The number of hydrogen-bond acceptors (Lipinski definition) is 5. The minimum Gasteiger partial charge on any atom is -0.320 e. The molecule has 0 atom stereocenters. The fraction of sp³-hybridized carbons (Fsp3) is 0. The van der Waals surface area contributed by atoms with E-state index in [9.17, 15) is 9.59 Å². The lowest BCUT2D eigenvalue weighted by atomic mass is 10.2. The van der Waals surface area contributed by atoms with E-state index in [2.05, 4.69) is 15.4 Å². The Morgan fingerprint density at radius 2 is 1.89 bits per heavy atom. The molecule has 2 aromatic carbocycles. The van der Waals surface area contributed by atoms with Gasteiger partial charge in [-0.1, -0.05) is 64.9 Å². The molecule has 6 nitrogen and oxygen atoms in total. The van der Waals surface area contributed by atoms with Crippen LogP contribution in [0.15, 0.2) is 59.5 Å². The van der Waals surface area contributed by atoms with Crippen LogP contribution in [-0.2, 0) is 0 Å². The molecule has 4 rings (SSSR count). The van der Waals surface area contributed by atoms with Crippen LogP contribution in [-0.4, -0.2) is 20.5 Å². The minimum atomic E-state index is -0.448. The molecule has 0 saturated heterocycles. The zero-order valence-electron chi connectivity index (χ0n) is 13.5. The second-order valence-corrected chi connectivity index (χ2v) is 7.39. The van der Waals surface area contributed by atoms with E-state index in [1.807, 2.05) is 18.2 Å².